The Kier molecular flexibility index (Phi) is 6.74. The normalized spacial score (nSPS) is 20.1. The van der Waals surface area contributed by atoms with Crippen molar-refractivity contribution in [1.82, 2.24) is 0 Å². The molecule has 0 saturated heterocycles. The molecule has 178 valence electrons. The number of hydrogen-bond donors (Lipinski definition) is 3. The van der Waals surface area contributed by atoms with Crippen LogP contribution in [0.1, 0.15) is 96.1 Å². The molecule has 2 fully saturated rings. The fraction of sp³-hybridized carbons (Fsp3) is 0.552. The molecule has 4 rings (SSSR count). The van der Waals surface area contributed by atoms with E-state index in [9.17, 15) is 9.90 Å². The summed E-state index contributed by atoms with van der Waals surface area (Å²) in [6, 6.07) is 16.0. The van der Waals surface area contributed by atoms with E-state index >= 15 is 0 Å². The molecule has 0 amide bonds. The van der Waals surface area contributed by atoms with Crippen molar-refractivity contribution >= 4 is 17.3 Å². The van der Waals surface area contributed by atoms with Gasteiger partial charge in [-0.2, -0.15) is 0 Å². The number of carboxylic acid groups (broad SMARTS) is 1. The van der Waals surface area contributed by atoms with Gasteiger partial charge in [0.1, 0.15) is 5.41 Å². The molecule has 2 saturated carbocycles. The second-order valence-electron chi connectivity index (χ2n) is 11.1. The first-order valence-electron chi connectivity index (χ1n) is 12.7. The quantitative estimate of drug-likeness (QED) is 0.414. The van der Waals surface area contributed by atoms with E-state index in [1.165, 1.54) is 64.2 Å². The fourth-order valence-corrected chi connectivity index (χ4v) is 5.80. The molecule has 2 aromatic carbocycles. The summed E-state index contributed by atoms with van der Waals surface area (Å²) >= 11 is 0. The van der Waals surface area contributed by atoms with Crippen LogP contribution in [0.4, 0.5) is 11.4 Å². The largest absolute Gasteiger partial charge is 0.480 e. The van der Waals surface area contributed by atoms with E-state index in [0.29, 0.717) is 0 Å². The number of anilines is 2. The monoisotopic (exact) mass is 448 g/mol. The Morgan fingerprint density at radius 1 is 0.697 bits per heavy atom. The van der Waals surface area contributed by atoms with Crippen molar-refractivity contribution in [3.05, 3.63) is 59.7 Å². The average molecular weight is 449 g/mol. The molecule has 0 spiro atoms. The molecule has 4 nitrogen and oxygen atoms in total. The van der Waals surface area contributed by atoms with Crippen LogP contribution in [0.5, 0.6) is 0 Å². The number of nitrogens with one attached hydrogen (secondary N) is 2. The van der Waals surface area contributed by atoms with Gasteiger partial charge in [0.25, 0.3) is 0 Å². The third-order valence-electron chi connectivity index (χ3n) is 8.16. The lowest BCUT2D eigenvalue weighted by molar-refractivity contribution is -0.141. The Bertz CT molecular complexity index is 867. The standard InChI is InChI=1S/C29H40N2O2/c1-27(18-6-4-7-19-27)30-24-14-10-22(11-15-24)29(3,26(32)33)23-12-16-25(17-13-23)31-28(2)20-8-5-9-21-28/h10-17,30-31H,4-9,18-21H2,1-3H3,(H,32,33). The molecule has 0 aromatic heterocycles. The van der Waals surface area contributed by atoms with Gasteiger partial charge in [-0.1, -0.05) is 62.8 Å². The summed E-state index contributed by atoms with van der Waals surface area (Å²) < 4.78 is 0. The smallest absolute Gasteiger partial charge is 0.318 e. The van der Waals surface area contributed by atoms with Gasteiger partial charge >= 0.3 is 5.97 Å². The molecule has 0 unspecified atom stereocenters. The molecule has 2 aliphatic carbocycles. The Morgan fingerprint density at radius 3 is 1.33 bits per heavy atom. The molecule has 4 heteroatoms. The second kappa shape index (κ2) is 9.40. The number of aliphatic carboxylic acids is 1. The molecule has 2 aliphatic rings. The maximum Gasteiger partial charge on any atom is 0.318 e. The fourth-order valence-electron chi connectivity index (χ4n) is 5.80. The minimum Gasteiger partial charge on any atom is -0.480 e. The number of carbonyl (C=O) groups is 1. The molecule has 0 radical (unpaired) electrons. The molecule has 2 aromatic rings. The summed E-state index contributed by atoms with van der Waals surface area (Å²) in [5.74, 6) is -0.831. The lowest BCUT2D eigenvalue weighted by atomic mass is 9.76. The predicted molar refractivity (Wildman–Crippen MR) is 137 cm³/mol. The zero-order valence-electron chi connectivity index (χ0n) is 20.5. The van der Waals surface area contributed by atoms with Gasteiger partial charge in [-0.25, -0.2) is 0 Å². The number of benzene rings is 2. The van der Waals surface area contributed by atoms with Crippen molar-refractivity contribution in [3.63, 3.8) is 0 Å². The molecule has 0 bridgehead atoms. The summed E-state index contributed by atoms with van der Waals surface area (Å²) in [7, 11) is 0. The van der Waals surface area contributed by atoms with Gasteiger partial charge in [-0.3, -0.25) is 4.79 Å². The maximum atomic E-state index is 12.5. The highest BCUT2D eigenvalue weighted by Crippen LogP contribution is 2.37. The van der Waals surface area contributed by atoms with Crippen LogP contribution in [-0.4, -0.2) is 22.2 Å². The van der Waals surface area contributed by atoms with Gasteiger partial charge in [-0.05, 0) is 81.8 Å². The summed E-state index contributed by atoms with van der Waals surface area (Å²) in [5.41, 5.74) is 2.90. The minimum atomic E-state index is -1.10. The Balaban J connectivity index is 1.52. The van der Waals surface area contributed by atoms with Gasteiger partial charge in [0, 0.05) is 22.5 Å². The molecule has 3 N–H and O–H groups in total. The first kappa shape index (κ1) is 23.7. The number of hydrogen-bond acceptors (Lipinski definition) is 3. The Morgan fingerprint density at radius 2 is 1.03 bits per heavy atom. The number of rotatable bonds is 7. The first-order valence-corrected chi connectivity index (χ1v) is 12.7. The lowest BCUT2D eigenvalue weighted by Gasteiger charge is -2.36. The van der Waals surface area contributed by atoms with E-state index in [2.05, 4.69) is 24.5 Å². The van der Waals surface area contributed by atoms with Gasteiger partial charge in [0.05, 0.1) is 0 Å². The van der Waals surface area contributed by atoms with E-state index in [4.69, 9.17) is 0 Å². The molecule has 0 aliphatic heterocycles. The van der Waals surface area contributed by atoms with Crippen LogP contribution in [0.2, 0.25) is 0 Å². The molecular formula is C29H40N2O2. The zero-order valence-corrected chi connectivity index (χ0v) is 20.5. The highest BCUT2D eigenvalue weighted by atomic mass is 16.4. The third kappa shape index (κ3) is 5.20. The van der Waals surface area contributed by atoms with Gasteiger partial charge in [0.2, 0.25) is 0 Å². The first-order chi connectivity index (χ1) is 15.7. The number of carboxylic acids is 1. The van der Waals surface area contributed by atoms with Crippen molar-refractivity contribution in [3.8, 4) is 0 Å². The molecule has 33 heavy (non-hydrogen) atoms. The van der Waals surface area contributed by atoms with Crippen molar-refractivity contribution in [2.24, 2.45) is 0 Å². The van der Waals surface area contributed by atoms with E-state index in [-0.39, 0.29) is 11.1 Å². The van der Waals surface area contributed by atoms with Crippen LogP contribution in [0.3, 0.4) is 0 Å². The van der Waals surface area contributed by atoms with E-state index < -0.39 is 11.4 Å². The molecule has 0 atom stereocenters. The molecular weight excluding hydrogens is 408 g/mol. The van der Waals surface area contributed by atoms with Crippen molar-refractivity contribution in [2.75, 3.05) is 10.6 Å². The second-order valence-corrected chi connectivity index (χ2v) is 11.1. The van der Waals surface area contributed by atoms with E-state index in [1.807, 2.05) is 55.5 Å². The molecule has 0 heterocycles. The summed E-state index contributed by atoms with van der Waals surface area (Å²) in [6.45, 7) is 6.40. The Labute approximate surface area is 199 Å². The lowest BCUT2D eigenvalue weighted by Crippen LogP contribution is -2.37. The highest BCUT2D eigenvalue weighted by Gasteiger charge is 2.37. The maximum absolute atomic E-state index is 12.5. The van der Waals surface area contributed by atoms with Gasteiger partial charge < -0.3 is 15.7 Å². The van der Waals surface area contributed by atoms with Crippen molar-refractivity contribution in [2.45, 2.75) is 101 Å². The summed E-state index contributed by atoms with van der Waals surface area (Å²) in [4.78, 5) is 12.5. The summed E-state index contributed by atoms with van der Waals surface area (Å²) in [6.07, 6.45) is 12.4. The topological polar surface area (TPSA) is 61.4 Å². The minimum absolute atomic E-state index is 0.133. The zero-order chi connectivity index (χ0) is 23.5. The van der Waals surface area contributed by atoms with Crippen LogP contribution in [0.15, 0.2) is 48.5 Å². The van der Waals surface area contributed by atoms with Crippen LogP contribution in [-0.2, 0) is 10.2 Å². The van der Waals surface area contributed by atoms with Crippen molar-refractivity contribution < 1.29 is 9.90 Å². The van der Waals surface area contributed by atoms with E-state index in [0.717, 1.165) is 22.5 Å². The summed E-state index contributed by atoms with van der Waals surface area (Å²) in [5, 5.41) is 17.6. The Hall–Kier alpha value is -2.49. The SMILES string of the molecule is CC1(Nc2ccc(C(C)(C(=O)O)c3ccc(NC4(C)CCCCC4)cc3)cc2)CCCCC1. The van der Waals surface area contributed by atoms with Crippen LogP contribution in [0, 0.1) is 0 Å². The highest BCUT2D eigenvalue weighted by molar-refractivity contribution is 5.86. The van der Waals surface area contributed by atoms with Crippen LogP contribution < -0.4 is 10.6 Å². The van der Waals surface area contributed by atoms with E-state index in [1.54, 1.807) is 0 Å². The van der Waals surface area contributed by atoms with Gasteiger partial charge in [-0.15, -0.1) is 0 Å². The predicted octanol–water partition coefficient (Wildman–Crippen LogP) is 7.35. The van der Waals surface area contributed by atoms with Crippen LogP contribution >= 0.6 is 0 Å². The van der Waals surface area contributed by atoms with Gasteiger partial charge in [0.15, 0.2) is 0 Å². The average Bonchev–Trinajstić information content (AvgIpc) is 2.80. The third-order valence-corrected chi connectivity index (χ3v) is 8.16. The van der Waals surface area contributed by atoms with Crippen molar-refractivity contribution in [1.29, 1.82) is 0 Å². The van der Waals surface area contributed by atoms with Crippen LogP contribution in [0.25, 0.3) is 0 Å².